The summed E-state index contributed by atoms with van der Waals surface area (Å²) in [4.78, 5) is 13.4. The third kappa shape index (κ3) is 3.19. The van der Waals surface area contributed by atoms with Gasteiger partial charge in [-0.2, -0.15) is 0 Å². The first-order valence-corrected chi connectivity index (χ1v) is 5.96. The average molecular weight is 228 g/mol. The van der Waals surface area contributed by atoms with Crippen molar-refractivity contribution in [2.45, 2.75) is 32.7 Å². The summed E-state index contributed by atoms with van der Waals surface area (Å²) in [5.41, 5.74) is -0.644. The van der Waals surface area contributed by atoms with E-state index >= 15 is 0 Å². The minimum absolute atomic E-state index is 0.302. The zero-order valence-corrected chi connectivity index (χ0v) is 10.8. The van der Waals surface area contributed by atoms with Crippen LogP contribution in [0.1, 0.15) is 26.7 Å². The summed E-state index contributed by atoms with van der Waals surface area (Å²) in [5, 5.41) is 12.4. The van der Waals surface area contributed by atoms with Gasteiger partial charge in [0.1, 0.15) is 0 Å². The molecule has 1 aliphatic rings. The molecule has 0 amide bonds. The van der Waals surface area contributed by atoms with Gasteiger partial charge in [-0.15, -0.1) is 0 Å². The third-order valence-electron chi connectivity index (χ3n) is 3.68. The fraction of sp³-hybridized carbons (Fsp3) is 0.917. The Labute approximate surface area is 98.0 Å². The minimum Gasteiger partial charge on any atom is -0.481 e. The molecule has 0 spiro atoms. The van der Waals surface area contributed by atoms with Crippen LogP contribution in [0, 0.1) is 11.3 Å². The number of hydrogen-bond donors (Lipinski definition) is 2. The number of nitrogens with one attached hydrogen (secondary N) is 1. The van der Waals surface area contributed by atoms with Crippen molar-refractivity contribution in [3.8, 4) is 0 Å². The average Bonchev–Trinajstić information content (AvgIpc) is 2.61. The number of rotatable bonds is 5. The van der Waals surface area contributed by atoms with Gasteiger partial charge in [0, 0.05) is 12.6 Å². The van der Waals surface area contributed by atoms with Crippen molar-refractivity contribution in [2.24, 2.45) is 11.3 Å². The van der Waals surface area contributed by atoms with E-state index in [0.29, 0.717) is 18.4 Å². The summed E-state index contributed by atoms with van der Waals surface area (Å²) >= 11 is 0. The van der Waals surface area contributed by atoms with Crippen LogP contribution >= 0.6 is 0 Å². The summed E-state index contributed by atoms with van der Waals surface area (Å²) in [6.07, 6.45) is 1.86. The second-order valence-corrected chi connectivity index (χ2v) is 5.60. The van der Waals surface area contributed by atoms with E-state index in [4.69, 9.17) is 5.11 Å². The Bertz CT molecular complexity index is 253. The highest BCUT2D eigenvalue weighted by Crippen LogP contribution is 2.29. The lowest BCUT2D eigenvalue weighted by Crippen LogP contribution is -2.41. The van der Waals surface area contributed by atoms with Gasteiger partial charge in [0.2, 0.25) is 0 Å². The third-order valence-corrected chi connectivity index (χ3v) is 3.68. The van der Waals surface area contributed by atoms with E-state index in [1.165, 1.54) is 0 Å². The molecule has 2 N–H and O–H groups in total. The summed E-state index contributed by atoms with van der Waals surface area (Å²) < 4.78 is 0. The highest BCUT2D eigenvalue weighted by atomic mass is 16.4. The lowest BCUT2D eigenvalue weighted by Gasteiger charge is -2.29. The number of carboxylic acids is 1. The molecule has 4 nitrogen and oxygen atoms in total. The van der Waals surface area contributed by atoms with Crippen molar-refractivity contribution in [3.63, 3.8) is 0 Å². The van der Waals surface area contributed by atoms with Gasteiger partial charge in [-0.3, -0.25) is 4.79 Å². The molecule has 0 aromatic heterocycles. The van der Waals surface area contributed by atoms with Crippen LogP contribution in [0.5, 0.6) is 0 Å². The molecule has 94 valence electrons. The van der Waals surface area contributed by atoms with E-state index in [1.807, 2.05) is 7.05 Å². The first-order chi connectivity index (χ1) is 7.36. The molecule has 0 bridgehead atoms. The van der Waals surface area contributed by atoms with Crippen molar-refractivity contribution in [2.75, 3.05) is 27.2 Å². The molecule has 1 saturated heterocycles. The molecule has 0 aromatic rings. The number of carbonyl (C=O) groups is 1. The van der Waals surface area contributed by atoms with Crippen molar-refractivity contribution in [3.05, 3.63) is 0 Å². The normalized spacial score (nSPS) is 24.6. The topological polar surface area (TPSA) is 52.6 Å². The molecule has 2 unspecified atom stereocenters. The Morgan fingerprint density at radius 3 is 2.62 bits per heavy atom. The maximum atomic E-state index is 11.1. The number of nitrogens with zero attached hydrogens (tertiary/aromatic N) is 1. The van der Waals surface area contributed by atoms with Gasteiger partial charge in [-0.05, 0) is 53.2 Å². The van der Waals surface area contributed by atoms with E-state index in [-0.39, 0.29) is 0 Å². The van der Waals surface area contributed by atoms with E-state index in [1.54, 1.807) is 13.8 Å². The fourth-order valence-electron chi connectivity index (χ4n) is 2.44. The fourth-order valence-corrected chi connectivity index (χ4v) is 2.44. The van der Waals surface area contributed by atoms with Crippen LogP contribution in [0.3, 0.4) is 0 Å². The van der Waals surface area contributed by atoms with Crippen LogP contribution in [-0.2, 0) is 4.79 Å². The summed E-state index contributed by atoms with van der Waals surface area (Å²) in [6.45, 7) is 5.80. The van der Waals surface area contributed by atoms with Gasteiger partial charge in [0.15, 0.2) is 0 Å². The predicted molar refractivity (Wildman–Crippen MR) is 64.5 cm³/mol. The van der Waals surface area contributed by atoms with E-state index in [9.17, 15) is 4.79 Å². The van der Waals surface area contributed by atoms with Gasteiger partial charge >= 0.3 is 5.97 Å². The highest BCUT2D eigenvalue weighted by Gasteiger charge is 2.35. The van der Waals surface area contributed by atoms with Crippen LogP contribution in [0.15, 0.2) is 0 Å². The van der Waals surface area contributed by atoms with Crippen molar-refractivity contribution in [1.29, 1.82) is 0 Å². The summed E-state index contributed by atoms with van der Waals surface area (Å²) in [6, 6.07) is 0.302. The first kappa shape index (κ1) is 13.5. The van der Waals surface area contributed by atoms with E-state index in [0.717, 1.165) is 19.5 Å². The molecule has 0 saturated carbocycles. The molecule has 0 radical (unpaired) electrons. The molecule has 1 fully saturated rings. The van der Waals surface area contributed by atoms with Crippen molar-refractivity contribution in [1.82, 2.24) is 10.2 Å². The Balaban J connectivity index is 2.58. The van der Waals surface area contributed by atoms with Crippen molar-refractivity contribution >= 4 is 5.97 Å². The monoisotopic (exact) mass is 228 g/mol. The zero-order chi connectivity index (χ0) is 12.3. The van der Waals surface area contributed by atoms with Crippen LogP contribution in [0.2, 0.25) is 0 Å². The lowest BCUT2D eigenvalue weighted by atomic mass is 9.81. The van der Waals surface area contributed by atoms with Crippen molar-refractivity contribution < 1.29 is 9.90 Å². The molecule has 0 aromatic carbocycles. The minimum atomic E-state index is -0.709. The Morgan fingerprint density at radius 2 is 2.25 bits per heavy atom. The molecule has 1 rings (SSSR count). The van der Waals surface area contributed by atoms with E-state index < -0.39 is 11.4 Å². The van der Waals surface area contributed by atoms with E-state index in [2.05, 4.69) is 17.3 Å². The van der Waals surface area contributed by atoms with Gasteiger partial charge in [0.25, 0.3) is 0 Å². The molecule has 16 heavy (non-hydrogen) atoms. The van der Waals surface area contributed by atoms with Crippen LogP contribution < -0.4 is 5.32 Å². The Morgan fingerprint density at radius 1 is 1.62 bits per heavy atom. The first-order valence-electron chi connectivity index (χ1n) is 5.96. The molecule has 0 aliphatic carbocycles. The Hall–Kier alpha value is -0.610. The molecule has 2 atom stereocenters. The molecule has 4 heteroatoms. The largest absolute Gasteiger partial charge is 0.481 e. The number of hydrogen-bond acceptors (Lipinski definition) is 3. The lowest BCUT2D eigenvalue weighted by molar-refractivity contribution is -0.147. The van der Waals surface area contributed by atoms with Crippen LogP contribution in [-0.4, -0.2) is 49.2 Å². The Kier molecular flexibility index (Phi) is 4.33. The number of likely N-dealkylation sites (tertiary alicyclic amines) is 1. The zero-order valence-electron chi connectivity index (χ0n) is 10.8. The smallest absolute Gasteiger partial charge is 0.309 e. The standard InChI is InChI=1S/C12H24N2O2/c1-12(2,11(15)16)7-10(13-3)9-5-6-14(4)8-9/h9-10,13H,5-8H2,1-4H3,(H,15,16). The molecule has 1 heterocycles. The van der Waals surface area contributed by atoms with Gasteiger partial charge in [-0.25, -0.2) is 0 Å². The molecular formula is C12H24N2O2. The maximum Gasteiger partial charge on any atom is 0.309 e. The summed E-state index contributed by atoms with van der Waals surface area (Å²) in [7, 11) is 4.05. The summed E-state index contributed by atoms with van der Waals surface area (Å²) in [5.74, 6) is -0.132. The second kappa shape index (κ2) is 5.15. The SMILES string of the molecule is CNC(CC(C)(C)C(=O)O)C1CCN(C)C1. The highest BCUT2D eigenvalue weighted by molar-refractivity contribution is 5.73. The number of aliphatic carboxylic acids is 1. The van der Waals surface area contributed by atoms with Crippen LogP contribution in [0.25, 0.3) is 0 Å². The second-order valence-electron chi connectivity index (χ2n) is 5.60. The van der Waals surface area contributed by atoms with Gasteiger partial charge in [-0.1, -0.05) is 0 Å². The predicted octanol–water partition coefficient (Wildman–Crippen LogP) is 1.03. The maximum absolute atomic E-state index is 11.1. The quantitative estimate of drug-likeness (QED) is 0.738. The molecule has 1 aliphatic heterocycles. The van der Waals surface area contributed by atoms with Crippen LogP contribution in [0.4, 0.5) is 0 Å². The number of carboxylic acid groups (broad SMARTS) is 1. The van der Waals surface area contributed by atoms with Gasteiger partial charge in [0.05, 0.1) is 5.41 Å². The van der Waals surface area contributed by atoms with Gasteiger partial charge < -0.3 is 15.3 Å². The molecular weight excluding hydrogens is 204 g/mol.